The number of benzene rings is 1. The summed E-state index contributed by atoms with van der Waals surface area (Å²) in [5.74, 6) is -0.556. The molecule has 0 unspecified atom stereocenters. The maximum absolute atomic E-state index is 13.1. The number of nitrogens with zero attached hydrogens (tertiary/aromatic N) is 1. The highest BCUT2D eigenvalue weighted by Gasteiger charge is 2.17. The first-order valence-electron chi connectivity index (χ1n) is 7.24. The molecule has 0 fully saturated rings. The topological polar surface area (TPSA) is 58.4 Å². The van der Waals surface area contributed by atoms with Crippen molar-refractivity contribution in [2.75, 3.05) is 24.1 Å². The van der Waals surface area contributed by atoms with Crippen LogP contribution in [-0.2, 0) is 17.8 Å². The van der Waals surface area contributed by atoms with Crippen molar-refractivity contribution in [3.63, 3.8) is 0 Å². The van der Waals surface area contributed by atoms with Crippen LogP contribution < -0.4 is 11.1 Å². The number of carbonyl (C=O) groups excluding carboxylic acids is 1. The van der Waals surface area contributed by atoms with Crippen LogP contribution in [0.4, 0.5) is 15.8 Å². The van der Waals surface area contributed by atoms with E-state index < -0.39 is 5.82 Å². The molecule has 3 rings (SSSR count). The van der Waals surface area contributed by atoms with Crippen molar-refractivity contribution in [2.24, 2.45) is 0 Å². The molecule has 0 saturated heterocycles. The van der Waals surface area contributed by atoms with Gasteiger partial charge in [-0.2, -0.15) is 0 Å². The van der Waals surface area contributed by atoms with E-state index in [1.807, 2.05) is 11.3 Å². The van der Waals surface area contributed by atoms with Gasteiger partial charge in [0.2, 0.25) is 5.91 Å². The second-order valence-electron chi connectivity index (χ2n) is 5.43. The van der Waals surface area contributed by atoms with Crippen LogP contribution in [0.15, 0.2) is 29.6 Å². The molecule has 0 radical (unpaired) electrons. The molecule has 1 aliphatic rings. The fourth-order valence-corrected chi connectivity index (χ4v) is 3.49. The Bertz CT molecular complexity index is 686. The van der Waals surface area contributed by atoms with Crippen LogP contribution in [0.3, 0.4) is 0 Å². The van der Waals surface area contributed by atoms with E-state index in [-0.39, 0.29) is 11.6 Å². The Hall–Kier alpha value is -1.92. The Morgan fingerprint density at radius 1 is 1.41 bits per heavy atom. The second-order valence-corrected chi connectivity index (χ2v) is 6.43. The number of nitrogens with two attached hydrogens (primary N) is 1. The van der Waals surface area contributed by atoms with Crippen LogP contribution in [-0.4, -0.2) is 23.9 Å². The lowest BCUT2D eigenvalue weighted by Crippen LogP contribution is -2.32. The van der Waals surface area contributed by atoms with Gasteiger partial charge in [0.05, 0.1) is 5.69 Å². The molecule has 6 heteroatoms. The Labute approximate surface area is 132 Å². The van der Waals surface area contributed by atoms with Crippen molar-refractivity contribution >= 4 is 28.6 Å². The molecule has 0 saturated carbocycles. The number of carbonyl (C=O) groups is 1. The molecule has 1 amide bonds. The first kappa shape index (κ1) is 15.0. The molecule has 2 heterocycles. The van der Waals surface area contributed by atoms with Crippen LogP contribution in [0.25, 0.3) is 0 Å². The summed E-state index contributed by atoms with van der Waals surface area (Å²) < 4.78 is 13.1. The van der Waals surface area contributed by atoms with E-state index in [1.54, 1.807) is 0 Å². The number of nitrogens with one attached hydrogen (secondary N) is 1. The molecule has 1 aliphatic heterocycles. The minimum atomic E-state index is -0.474. The molecule has 2 aromatic rings. The van der Waals surface area contributed by atoms with Crippen molar-refractivity contribution < 1.29 is 9.18 Å². The minimum Gasteiger partial charge on any atom is -0.396 e. The average molecular weight is 319 g/mol. The Morgan fingerprint density at radius 2 is 2.27 bits per heavy atom. The van der Waals surface area contributed by atoms with E-state index >= 15 is 0 Å². The van der Waals surface area contributed by atoms with Gasteiger partial charge in [0.15, 0.2) is 0 Å². The summed E-state index contributed by atoms with van der Waals surface area (Å²) in [5.41, 5.74) is 7.44. The van der Waals surface area contributed by atoms with Gasteiger partial charge in [0, 0.05) is 36.6 Å². The van der Waals surface area contributed by atoms with Crippen molar-refractivity contribution in [3.05, 3.63) is 45.9 Å². The molecule has 0 spiro atoms. The van der Waals surface area contributed by atoms with Crippen molar-refractivity contribution in [2.45, 2.75) is 19.4 Å². The third-order valence-corrected chi connectivity index (χ3v) is 4.84. The fraction of sp³-hybridized carbons (Fsp3) is 0.312. The van der Waals surface area contributed by atoms with Crippen molar-refractivity contribution in [1.82, 2.24) is 4.90 Å². The highest BCUT2D eigenvalue weighted by atomic mass is 32.1. The molecular formula is C16H18FN3OS. The van der Waals surface area contributed by atoms with Crippen molar-refractivity contribution in [3.8, 4) is 0 Å². The largest absolute Gasteiger partial charge is 0.396 e. The molecule has 0 aliphatic carbocycles. The first-order chi connectivity index (χ1) is 10.6. The predicted octanol–water partition coefficient (Wildman–Crippen LogP) is 2.86. The van der Waals surface area contributed by atoms with Crippen LogP contribution in [0.5, 0.6) is 0 Å². The lowest BCUT2D eigenvalue weighted by Gasteiger charge is -2.26. The molecule has 1 aromatic carbocycles. The lowest BCUT2D eigenvalue weighted by atomic mass is 10.1. The summed E-state index contributed by atoms with van der Waals surface area (Å²) in [5, 5.41) is 4.88. The average Bonchev–Trinajstić information content (AvgIpc) is 2.96. The normalized spacial score (nSPS) is 14.6. The smallest absolute Gasteiger partial charge is 0.225 e. The van der Waals surface area contributed by atoms with Crippen LogP contribution >= 0.6 is 11.3 Å². The van der Waals surface area contributed by atoms with E-state index in [2.05, 4.69) is 21.7 Å². The molecule has 0 atom stereocenters. The third kappa shape index (κ3) is 3.45. The van der Waals surface area contributed by atoms with Gasteiger partial charge in [0.25, 0.3) is 0 Å². The zero-order valence-electron chi connectivity index (χ0n) is 12.1. The molecule has 116 valence electrons. The van der Waals surface area contributed by atoms with E-state index in [9.17, 15) is 9.18 Å². The number of rotatable bonds is 4. The molecule has 22 heavy (non-hydrogen) atoms. The fourth-order valence-electron chi connectivity index (χ4n) is 2.60. The van der Waals surface area contributed by atoms with Gasteiger partial charge in [0.1, 0.15) is 5.82 Å². The van der Waals surface area contributed by atoms with Gasteiger partial charge in [-0.3, -0.25) is 9.69 Å². The predicted molar refractivity (Wildman–Crippen MR) is 87.4 cm³/mol. The molecular weight excluding hydrogens is 301 g/mol. The molecule has 1 aromatic heterocycles. The highest BCUT2D eigenvalue weighted by molar-refractivity contribution is 7.10. The van der Waals surface area contributed by atoms with Crippen molar-refractivity contribution in [1.29, 1.82) is 0 Å². The lowest BCUT2D eigenvalue weighted by molar-refractivity contribution is -0.116. The van der Waals surface area contributed by atoms with Gasteiger partial charge < -0.3 is 11.1 Å². The maximum atomic E-state index is 13.1. The molecule has 0 bridgehead atoms. The SMILES string of the molecule is Nc1cc(NC(=O)CCN2CCc3sccc3C2)ccc1F. The van der Waals surface area contributed by atoms with Crippen LogP contribution in [0.2, 0.25) is 0 Å². The van der Waals surface area contributed by atoms with E-state index in [1.165, 1.54) is 28.6 Å². The Balaban J connectivity index is 1.49. The second kappa shape index (κ2) is 6.46. The molecule has 3 N–H and O–H groups in total. The summed E-state index contributed by atoms with van der Waals surface area (Å²) >= 11 is 1.81. The third-order valence-electron chi connectivity index (χ3n) is 3.82. The van der Waals surface area contributed by atoms with Crippen LogP contribution in [0, 0.1) is 5.82 Å². The Kier molecular flexibility index (Phi) is 4.40. The Morgan fingerprint density at radius 3 is 3.09 bits per heavy atom. The minimum absolute atomic E-state index is 0.0406. The van der Waals surface area contributed by atoms with Crippen LogP contribution in [0.1, 0.15) is 16.9 Å². The summed E-state index contributed by atoms with van der Waals surface area (Å²) in [6.07, 6.45) is 1.47. The van der Waals surface area contributed by atoms with E-state index in [0.29, 0.717) is 12.1 Å². The number of hydrogen-bond acceptors (Lipinski definition) is 4. The van der Waals surface area contributed by atoms with E-state index in [0.717, 1.165) is 26.1 Å². The quantitative estimate of drug-likeness (QED) is 0.852. The number of halogens is 1. The van der Waals surface area contributed by atoms with Gasteiger partial charge >= 0.3 is 0 Å². The molecule has 4 nitrogen and oxygen atoms in total. The van der Waals surface area contributed by atoms with Gasteiger partial charge in [-0.1, -0.05) is 0 Å². The summed E-state index contributed by atoms with van der Waals surface area (Å²) in [4.78, 5) is 15.7. The van der Waals surface area contributed by atoms with Gasteiger partial charge in [-0.15, -0.1) is 11.3 Å². The summed E-state index contributed by atoms with van der Waals surface area (Å²) in [7, 11) is 0. The highest BCUT2D eigenvalue weighted by Crippen LogP contribution is 2.24. The number of thiophene rings is 1. The summed E-state index contributed by atoms with van der Waals surface area (Å²) in [6.45, 7) is 2.62. The number of nitrogen functional groups attached to an aromatic ring is 1. The maximum Gasteiger partial charge on any atom is 0.225 e. The van der Waals surface area contributed by atoms with Gasteiger partial charge in [-0.25, -0.2) is 4.39 Å². The number of fused-ring (bicyclic) bond motifs is 1. The van der Waals surface area contributed by atoms with Gasteiger partial charge in [-0.05, 0) is 41.6 Å². The monoisotopic (exact) mass is 319 g/mol. The summed E-state index contributed by atoms with van der Waals surface area (Å²) in [6, 6.07) is 6.37. The number of anilines is 2. The zero-order valence-corrected chi connectivity index (χ0v) is 13.0. The number of amides is 1. The number of hydrogen-bond donors (Lipinski definition) is 2. The standard InChI is InChI=1S/C16H18FN3OS/c17-13-2-1-12(9-14(13)18)19-16(21)4-7-20-6-3-15-11(10-20)5-8-22-15/h1-2,5,8-9H,3-4,6-7,10,18H2,(H,19,21). The van der Waals surface area contributed by atoms with E-state index in [4.69, 9.17) is 5.73 Å². The first-order valence-corrected chi connectivity index (χ1v) is 8.12. The zero-order chi connectivity index (χ0) is 15.5.